The lowest BCUT2D eigenvalue weighted by molar-refractivity contribution is -0.122. The van der Waals surface area contributed by atoms with Crippen LogP contribution in [-0.4, -0.2) is 20.7 Å². The van der Waals surface area contributed by atoms with E-state index in [0.717, 1.165) is 5.56 Å². The summed E-state index contributed by atoms with van der Waals surface area (Å²) < 4.78 is 1.70. The quantitative estimate of drug-likeness (QED) is 0.876. The van der Waals surface area contributed by atoms with Gasteiger partial charge in [-0.2, -0.15) is 5.10 Å². The number of carbonyl (C=O) groups is 1. The van der Waals surface area contributed by atoms with Crippen molar-refractivity contribution in [1.82, 2.24) is 20.1 Å². The monoisotopic (exact) mass is 340 g/mol. The molecular formula is C15H18Cl2N4O. The number of halogens is 2. The molecule has 0 aliphatic heterocycles. The van der Waals surface area contributed by atoms with Crippen molar-refractivity contribution in [3.8, 4) is 0 Å². The zero-order chi connectivity index (χ0) is 16.2. The number of hydrogen-bond acceptors (Lipinski definition) is 3. The van der Waals surface area contributed by atoms with Crippen LogP contribution in [0.2, 0.25) is 10.0 Å². The van der Waals surface area contributed by atoms with E-state index in [9.17, 15) is 4.79 Å². The van der Waals surface area contributed by atoms with Crippen molar-refractivity contribution in [3.63, 3.8) is 0 Å². The lowest BCUT2D eigenvalue weighted by atomic mass is 9.93. The van der Waals surface area contributed by atoms with Crippen LogP contribution in [0.3, 0.4) is 0 Å². The molecule has 0 bridgehead atoms. The Morgan fingerprint density at radius 2 is 2.00 bits per heavy atom. The summed E-state index contributed by atoms with van der Waals surface area (Å²) in [5, 5.41) is 8.06. The minimum Gasteiger partial charge on any atom is -0.347 e. The SMILES string of the molecule is CC(C)(NC(=O)CCCn1cncn1)c1c(Cl)cccc1Cl. The van der Waals surface area contributed by atoms with E-state index < -0.39 is 5.54 Å². The zero-order valence-electron chi connectivity index (χ0n) is 12.5. The van der Waals surface area contributed by atoms with E-state index in [1.54, 1.807) is 29.2 Å². The van der Waals surface area contributed by atoms with Crippen molar-refractivity contribution in [2.24, 2.45) is 0 Å². The summed E-state index contributed by atoms with van der Waals surface area (Å²) in [6, 6.07) is 5.31. The normalized spacial score (nSPS) is 11.5. The Kier molecular flexibility index (Phi) is 5.42. The Morgan fingerprint density at radius 3 is 2.59 bits per heavy atom. The van der Waals surface area contributed by atoms with Crippen LogP contribution in [0.25, 0.3) is 0 Å². The molecule has 0 saturated heterocycles. The molecule has 0 atom stereocenters. The third-order valence-corrected chi connectivity index (χ3v) is 3.93. The fraction of sp³-hybridized carbons (Fsp3) is 0.400. The van der Waals surface area contributed by atoms with E-state index in [1.807, 2.05) is 13.8 Å². The third-order valence-electron chi connectivity index (χ3n) is 3.30. The summed E-state index contributed by atoms with van der Waals surface area (Å²) in [5.41, 5.74) is 0.0858. The second kappa shape index (κ2) is 7.11. The van der Waals surface area contributed by atoms with E-state index in [-0.39, 0.29) is 5.91 Å². The highest BCUT2D eigenvalue weighted by Crippen LogP contribution is 2.33. The fourth-order valence-electron chi connectivity index (χ4n) is 2.32. The summed E-state index contributed by atoms with van der Waals surface area (Å²) >= 11 is 12.4. The summed E-state index contributed by atoms with van der Waals surface area (Å²) in [4.78, 5) is 16.0. The standard InChI is InChI=1S/C15H18Cl2N4O/c1-15(2,14-11(16)5-3-6-12(14)17)20-13(22)7-4-8-21-10-18-9-19-21/h3,5-6,9-10H,4,7-8H2,1-2H3,(H,20,22). The van der Waals surface area contributed by atoms with Gasteiger partial charge >= 0.3 is 0 Å². The predicted octanol–water partition coefficient (Wildman–Crippen LogP) is 3.42. The molecular weight excluding hydrogens is 323 g/mol. The topological polar surface area (TPSA) is 59.8 Å². The van der Waals surface area contributed by atoms with Crippen molar-refractivity contribution >= 4 is 29.1 Å². The summed E-state index contributed by atoms with van der Waals surface area (Å²) in [7, 11) is 0. The number of aromatic nitrogens is 3. The molecule has 0 unspecified atom stereocenters. The molecule has 1 aromatic carbocycles. The fourth-order valence-corrected chi connectivity index (χ4v) is 3.19. The number of benzene rings is 1. The molecule has 1 amide bonds. The molecule has 1 aromatic heterocycles. The maximum atomic E-state index is 12.1. The molecule has 1 heterocycles. The van der Waals surface area contributed by atoms with Gasteiger partial charge in [-0.15, -0.1) is 0 Å². The van der Waals surface area contributed by atoms with Crippen molar-refractivity contribution < 1.29 is 4.79 Å². The molecule has 0 saturated carbocycles. The second-order valence-electron chi connectivity index (χ2n) is 5.53. The number of rotatable bonds is 6. The van der Waals surface area contributed by atoms with Gasteiger partial charge in [0.25, 0.3) is 0 Å². The van der Waals surface area contributed by atoms with Gasteiger partial charge in [-0.25, -0.2) is 4.98 Å². The molecule has 5 nitrogen and oxygen atoms in total. The van der Waals surface area contributed by atoms with Gasteiger partial charge in [-0.1, -0.05) is 29.3 Å². The van der Waals surface area contributed by atoms with Crippen molar-refractivity contribution in [2.75, 3.05) is 0 Å². The number of carbonyl (C=O) groups excluding carboxylic acids is 1. The highest BCUT2D eigenvalue weighted by atomic mass is 35.5. The number of nitrogens with zero attached hydrogens (tertiary/aromatic N) is 3. The predicted molar refractivity (Wildman–Crippen MR) is 86.9 cm³/mol. The van der Waals surface area contributed by atoms with Crippen LogP contribution in [0.1, 0.15) is 32.3 Å². The minimum atomic E-state index is -0.639. The van der Waals surface area contributed by atoms with Gasteiger partial charge in [0.05, 0.1) is 5.54 Å². The van der Waals surface area contributed by atoms with E-state index in [2.05, 4.69) is 15.4 Å². The lowest BCUT2D eigenvalue weighted by Gasteiger charge is -2.29. The van der Waals surface area contributed by atoms with Crippen LogP contribution < -0.4 is 5.32 Å². The van der Waals surface area contributed by atoms with Crippen LogP contribution in [0.4, 0.5) is 0 Å². The molecule has 0 aliphatic carbocycles. The van der Waals surface area contributed by atoms with E-state index >= 15 is 0 Å². The van der Waals surface area contributed by atoms with Gasteiger partial charge in [0.2, 0.25) is 5.91 Å². The maximum Gasteiger partial charge on any atom is 0.220 e. The number of nitrogens with one attached hydrogen (secondary N) is 1. The van der Waals surface area contributed by atoms with Crippen LogP contribution in [0, 0.1) is 0 Å². The van der Waals surface area contributed by atoms with Crippen LogP contribution >= 0.6 is 23.2 Å². The maximum absolute atomic E-state index is 12.1. The largest absolute Gasteiger partial charge is 0.347 e. The van der Waals surface area contributed by atoms with Crippen molar-refractivity contribution in [2.45, 2.75) is 38.8 Å². The number of aryl methyl sites for hydroxylation is 1. The smallest absolute Gasteiger partial charge is 0.220 e. The molecule has 0 spiro atoms. The third kappa shape index (κ3) is 4.21. The second-order valence-corrected chi connectivity index (χ2v) is 6.35. The molecule has 22 heavy (non-hydrogen) atoms. The molecule has 2 aromatic rings. The molecule has 0 radical (unpaired) electrons. The van der Waals surface area contributed by atoms with Crippen LogP contribution in [-0.2, 0) is 16.9 Å². The molecule has 118 valence electrons. The Balaban J connectivity index is 1.94. The van der Waals surface area contributed by atoms with Gasteiger partial charge in [0.1, 0.15) is 12.7 Å². The first-order chi connectivity index (χ1) is 10.4. The van der Waals surface area contributed by atoms with Gasteiger partial charge < -0.3 is 5.32 Å². The van der Waals surface area contributed by atoms with E-state index in [4.69, 9.17) is 23.2 Å². The summed E-state index contributed by atoms with van der Waals surface area (Å²) in [6.45, 7) is 4.42. The summed E-state index contributed by atoms with van der Waals surface area (Å²) in [6.07, 6.45) is 4.18. The van der Waals surface area contributed by atoms with Crippen LogP contribution in [0.5, 0.6) is 0 Å². The van der Waals surface area contributed by atoms with Gasteiger partial charge in [-0.05, 0) is 32.4 Å². The number of hydrogen-bond donors (Lipinski definition) is 1. The summed E-state index contributed by atoms with van der Waals surface area (Å²) in [5.74, 6) is -0.0545. The van der Waals surface area contributed by atoms with Gasteiger partial charge in [0, 0.05) is 28.6 Å². The molecule has 0 aliphatic rings. The average Bonchev–Trinajstić information content (AvgIpc) is 2.90. The van der Waals surface area contributed by atoms with Crippen LogP contribution in [0.15, 0.2) is 30.9 Å². The molecule has 7 heteroatoms. The first-order valence-electron chi connectivity index (χ1n) is 6.98. The Labute approximate surface area is 139 Å². The van der Waals surface area contributed by atoms with Gasteiger partial charge in [0.15, 0.2) is 0 Å². The van der Waals surface area contributed by atoms with Crippen molar-refractivity contribution in [1.29, 1.82) is 0 Å². The van der Waals surface area contributed by atoms with Gasteiger partial charge in [-0.3, -0.25) is 9.48 Å². The zero-order valence-corrected chi connectivity index (χ0v) is 14.0. The Morgan fingerprint density at radius 1 is 1.32 bits per heavy atom. The lowest BCUT2D eigenvalue weighted by Crippen LogP contribution is -2.41. The highest BCUT2D eigenvalue weighted by molar-refractivity contribution is 6.36. The highest BCUT2D eigenvalue weighted by Gasteiger charge is 2.27. The molecule has 1 N–H and O–H groups in total. The Bertz CT molecular complexity index is 621. The first-order valence-corrected chi connectivity index (χ1v) is 7.73. The number of amides is 1. The first kappa shape index (κ1) is 16.8. The van der Waals surface area contributed by atoms with Crippen molar-refractivity contribution in [3.05, 3.63) is 46.5 Å². The molecule has 0 fully saturated rings. The average molecular weight is 341 g/mol. The molecule has 2 rings (SSSR count). The minimum absolute atomic E-state index is 0.0545. The Hall–Kier alpha value is -1.59. The van der Waals surface area contributed by atoms with E-state index in [0.29, 0.717) is 29.4 Å². The van der Waals surface area contributed by atoms with E-state index in [1.165, 1.54) is 6.33 Å².